The van der Waals surface area contributed by atoms with Gasteiger partial charge in [-0.15, -0.1) is 0 Å². The molecular weight excluding hydrogens is 340 g/mol. The molecule has 2 heterocycles. The Kier molecular flexibility index (Phi) is 5.24. The van der Waals surface area contributed by atoms with Crippen molar-refractivity contribution in [3.05, 3.63) is 0 Å². The van der Waals surface area contributed by atoms with E-state index < -0.39 is 34.8 Å². The summed E-state index contributed by atoms with van der Waals surface area (Å²) in [4.78, 5) is 26.6. The first kappa shape index (κ1) is 20.8. The molecule has 2 rings (SSSR count). The highest BCUT2D eigenvalue weighted by Crippen LogP contribution is 2.38. The van der Waals surface area contributed by atoms with Crippen molar-refractivity contribution in [2.45, 2.75) is 89.9 Å². The monoisotopic (exact) mass is 372 g/mol. The molecule has 8 heteroatoms. The summed E-state index contributed by atoms with van der Waals surface area (Å²) in [6, 6.07) is 0. The zero-order chi connectivity index (χ0) is 20.0. The molecule has 2 N–H and O–H groups in total. The Morgan fingerprint density at radius 1 is 0.692 bits per heavy atom. The van der Waals surface area contributed by atoms with Crippen LogP contribution < -0.4 is 0 Å². The Morgan fingerprint density at radius 3 is 1.23 bits per heavy atom. The van der Waals surface area contributed by atoms with Crippen molar-refractivity contribution in [3.8, 4) is 0 Å². The zero-order valence-electron chi connectivity index (χ0n) is 16.7. The van der Waals surface area contributed by atoms with Crippen LogP contribution in [0, 0.1) is 0 Å². The van der Waals surface area contributed by atoms with E-state index in [0.717, 1.165) is 12.8 Å². The summed E-state index contributed by atoms with van der Waals surface area (Å²) in [7, 11) is 0. The summed E-state index contributed by atoms with van der Waals surface area (Å²) < 4.78 is 10.5. The predicted octanol–water partition coefficient (Wildman–Crippen LogP) is 2.43. The van der Waals surface area contributed by atoms with Crippen LogP contribution in [0.4, 0.5) is 9.59 Å². The third-order valence-electron chi connectivity index (χ3n) is 5.97. The van der Waals surface area contributed by atoms with E-state index in [1.165, 1.54) is 9.80 Å². The molecule has 2 aliphatic rings. The van der Waals surface area contributed by atoms with Crippen LogP contribution in [0.15, 0.2) is 0 Å². The second kappa shape index (κ2) is 6.56. The number of aliphatic hydroxyl groups is 2. The molecule has 0 bridgehead atoms. The second-order valence-corrected chi connectivity index (χ2v) is 8.52. The molecule has 0 unspecified atom stereocenters. The highest BCUT2D eigenvalue weighted by molar-refractivity contribution is 5.72. The molecule has 0 aromatic carbocycles. The van der Waals surface area contributed by atoms with Gasteiger partial charge in [0.05, 0.1) is 0 Å². The summed E-state index contributed by atoms with van der Waals surface area (Å²) in [6.45, 7) is 10.7. The minimum absolute atomic E-state index is 0.408. The summed E-state index contributed by atoms with van der Waals surface area (Å²) in [5.74, 6) is 0. The largest absolute Gasteiger partial charge is 0.438 e. The van der Waals surface area contributed by atoms with Gasteiger partial charge in [-0.2, -0.15) is 0 Å². The average Bonchev–Trinajstić information content (AvgIpc) is 2.71. The van der Waals surface area contributed by atoms with Crippen molar-refractivity contribution in [2.75, 3.05) is 13.1 Å². The minimum Gasteiger partial charge on any atom is -0.438 e. The van der Waals surface area contributed by atoms with Crippen LogP contribution in [0.1, 0.15) is 67.2 Å². The normalized spacial score (nSPS) is 32.8. The molecule has 26 heavy (non-hydrogen) atoms. The Hall–Kier alpha value is -1.54. The first-order valence-corrected chi connectivity index (χ1v) is 9.20. The topological polar surface area (TPSA) is 99.5 Å². The molecule has 2 aliphatic heterocycles. The molecule has 0 aromatic rings. The fraction of sp³-hybridized carbons (Fsp3) is 0.889. The van der Waals surface area contributed by atoms with E-state index in [1.807, 2.05) is 0 Å². The third kappa shape index (κ3) is 3.36. The fourth-order valence-corrected chi connectivity index (χ4v) is 3.26. The van der Waals surface area contributed by atoms with E-state index in [2.05, 4.69) is 0 Å². The number of carbonyl (C=O) groups excluding carboxylic acids is 2. The number of hydrogen-bond acceptors (Lipinski definition) is 6. The molecular formula is C18H32N2O6. The molecule has 2 fully saturated rings. The van der Waals surface area contributed by atoms with Crippen LogP contribution >= 0.6 is 0 Å². The molecule has 2 saturated heterocycles. The minimum atomic E-state index is -1.34. The van der Waals surface area contributed by atoms with Crippen LogP contribution in [-0.2, 0) is 9.47 Å². The van der Waals surface area contributed by atoms with E-state index in [1.54, 1.807) is 41.5 Å². The van der Waals surface area contributed by atoms with Gasteiger partial charge in [0.1, 0.15) is 0 Å². The number of unbranched alkanes of at least 4 members (excludes halogenated alkanes) is 3. The first-order valence-electron chi connectivity index (χ1n) is 9.20. The summed E-state index contributed by atoms with van der Waals surface area (Å²) in [6.07, 6.45) is 2.08. The van der Waals surface area contributed by atoms with Gasteiger partial charge >= 0.3 is 12.2 Å². The third-order valence-corrected chi connectivity index (χ3v) is 5.97. The molecule has 0 aromatic heterocycles. The number of nitrogens with zero attached hydrogens (tertiary/aromatic N) is 2. The van der Waals surface area contributed by atoms with Crippen LogP contribution in [0.2, 0.25) is 0 Å². The lowest BCUT2D eigenvalue weighted by Gasteiger charge is -2.35. The van der Waals surface area contributed by atoms with Crippen LogP contribution in [0.5, 0.6) is 0 Å². The van der Waals surface area contributed by atoms with E-state index in [4.69, 9.17) is 9.47 Å². The van der Waals surface area contributed by atoms with Gasteiger partial charge in [0.2, 0.25) is 0 Å². The Balaban J connectivity index is 1.74. The van der Waals surface area contributed by atoms with E-state index >= 15 is 0 Å². The highest BCUT2D eigenvalue weighted by atomic mass is 16.6. The van der Waals surface area contributed by atoms with E-state index in [9.17, 15) is 19.8 Å². The number of carbonyl (C=O) groups is 2. The quantitative estimate of drug-likeness (QED) is 0.666. The van der Waals surface area contributed by atoms with Gasteiger partial charge in [-0.1, -0.05) is 12.8 Å². The van der Waals surface area contributed by atoms with Gasteiger partial charge in [0, 0.05) is 13.1 Å². The van der Waals surface area contributed by atoms with Gasteiger partial charge in [-0.25, -0.2) is 9.59 Å². The SMILES string of the molecule is CC1(C)OC(=O)N(CCCCCCN2C(=O)OC(C)(C)[C@]2(C)O)[C@]1(C)O. The molecule has 8 nitrogen and oxygen atoms in total. The fourth-order valence-electron chi connectivity index (χ4n) is 3.26. The van der Waals surface area contributed by atoms with Gasteiger partial charge < -0.3 is 19.7 Å². The van der Waals surface area contributed by atoms with Crippen molar-refractivity contribution in [3.63, 3.8) is 0 Å². The molecule has 2 atom stereocenters. The lowest BCUT2D eigenvalue weighted by Crippen LogP contribution is -2.53. The van der Waals surface area contributed by atoms with Crippen molar-refractivity contribution >= 4 is 12.2 Å². The first-order chi connectivity index (χ1) is 11.7. The van der Waals surface area contributed by atoms with Crippen molar-refractivity contribution in [1.29, 1.82) is 0 Å². The standard InChI is InChI=1S/C18H32N2O6/c1-15(2)17(5,23)19(13(21)25-15)11-9-7-8-10-12-20-14(22)26-16(3,4)18(20,6)24/h23-24H,7-12H2,1-6H3/t17-,18+. The lowest BCUT2D eigenvalue weighted by atomic mass is 9.95. The van der Waals surface area contributed by atoms with Gasteiger partial charge in [-0.3, -0.25) is 9.80 Å². The Morgan fingerprint density at radius 2 is 1.00 bits per heavy atom. The maximum atomic E-state index is 11.9. The molecule has 0 radical (unpaired) electrons. The number of cyclic esters (lactones) is 2. The second-order valence-electron chi connectivity index (χ2n) is 8.52. The number of ether oxygens (including phenoxy) is 2. The highest BCUT2D eigenvalue weighted by Gasteiger charge is 2.57. The number of rotatable bonds is 7. The summed E-state index contributed by atoms with van der Waals surface area (Å²) in [5, 5.41) is 21.1. The van der Waals surface area contributed by atoms with Crippen molar-refractivity contribution in [1.82, 2.24) is 9.80 Å². The van der Waals surface area contributed by atoms with E-state index in [0.29, 0.717) is 25.9 Å². The molecule has 0 aliphatic carbocycles. The van der Waals surface area contributed by atoms with Crippen LogP contribution in [0.25, 0.3) is 0 Å². The zero-order valence-corrected chi connectivity index (χ0v) is 16.7. The summed E-state index contributed by atoms with van der Waals surface area (Å²) in [5.41, 5.74) is -4.57. The van der Waals surface area contributed by atoms with Gasteiger partial charge in [-0.05, 0) is 54.4 Å². The van der Waals surface area contributed by atoms with Crippen LogP contribution in [0.3, 0.4) is 0 Å². The smallest absolute Gasteiger partial charge is 0.412 e. The average molecular weight is 372 g/mol. The lowest BCUT2D eigenvalue weighted by molar-refractivity contribution is -0.128. The van der Waals surface area contributed by atoms with Crippen molar-refractivity contribution in [2.24, 2.45) is 0 Å². The molecule has 0 saturated carbocycles. The van der Waals surface area contributed by atoms with Crippen molar-refractivity contribution < 1.29 is 29.3 Å². The molecule has 150 valence electrons. The predicted molar refractivity (Wildman–Crippen MR) is 94.2 cm³/mol. The van der Waals surface area contributed by atoms with Gasteiger partial charge in [0.25, 0.3) is 0 Å². The van der Waals surface area contributed by atoms with Crippen LogP contribution in [-0.4, -0.2) is 67.9 Å². The number of amides is 2. The summed E-state index contributed by atoms with van der Waals surface area (Å²) >= 11 is 0. The molecule has 2 amide bonds. The maximum absolute atomic E-state index is 11.9. The molecule has 0 spiro atoms. The Bertz CT molecular complexity index is 520. The number of hydrogen-bond donors (Lipinski definition) is 2. The maximum Gasteiger partial charge on any atom is 0.412 e. The van der Waals surface area contributed by atoms with Gasteiger partial charge in [0.15, 0.2) is 22.7 Å². The van der Waals surface area contributed by atoms with E-state index in [-0.39, 0.29) is 0 Å². The Labute approximate surface area is 155 Å².